The number of carbonyl (C=O) groups is 1. The van der Waals surface area contributed by atoms with Gasteiger partial charge in [0.2, 0.25) is 0 Å². The van der Waals surface area contributed by atoms with Gasteiger partial charge in [-0.3, -0.25) is 4.79 Å². The van der Waals surface area contributed by atoms with Gasteiger partial charge in [0.25, 0.3) is 5.89 Å². The van der Waals surface area contributed by atoms with Gasteiger partial charge in [0.15, 0.2) is 11.3 Å². The lowest BCUT2D eigenvalue weighted by Crippen LogP contribution is -2.06. The molecule has 0 radical (unpaired) electrons. The summed E-state index contributed by atoms with van der Waals surface area (Å²) in [5.41, 5.74) is 1.92. The van der Waals surface area contributed by atoms with Crippen molar-refractivity contribution in [3.05, 3.63) is 42.2 Å². The first-order valence-corrected chi connectivity index (χ1v) is 5.82. The third kappa shape index (κ3) is 1.99. The molecule has 5 nitrogen and oxygen atoms in total. The van der Waals surface area contributed by atoms with Crippen molar-refractivity contribution in [3.8, 4) is 11.7 Å². The van der Waals surface area contributed by atoms with Gasteiger partial charge in [-0.05, 0) is 36.8 Å². The van der Waals surface area contributed by atoms with E-state index in [9.17, 15) is 4.79 Å². The molecule has 1 N–H and O–H groups in total. The van der Waals surface area contributed by atoms with E-state index in [1.54, 1.807) is 43.5 Å². The van der Waals surface area contributed by atoms with Gasteiger partial charge >= 0.3 is 5.97 Å². The van der Waals surface area contributed by atoms with Gasteiger partial charge < -0.3 is 13.9 Å². The maximum atomic E-state index is 11.0. The molecule has 96 valence electrons. The Morgan fingerprint density at radius 2 is 2.21 bits per heavy atom. The molecule has 0 fully saturated rings. The number of hydrogen-bond acceptors (Lipinski definition) is 4. The van der Waals surface area contributed by atoms with Gasteiger partial charge in [-0.15, -0.1) is 0 Å². The van der Waals surface area contributed by atoms with E-state index in [2.05, 4.69) is 4.98 Å². The van der Waals surface area contributed by atoms with Crippen LogP contribution in [0.25, 0.3) is 22.8 Å². The summed E-state index contributed by atoms with van der Waals surface area (Å²) in [4.78, 5) is 15.3. The van der Waals surface area contributed by atoms with E-state index in [1.807, 2.05) is 0 Å². The quantitative estimate of drug-likeness (QED) is 0.779. The van der Waals surface area contributed by atoms with E-state index in [4.69, 9.17) is 13.9 Å². The third-order valence-corrected chi connectivity index (χ3v) is 3.01. The molecule has 2 heterocycles. The lowest BCUT2D eigenvalue weighted by Gasteiger charge is -2.04. The number of carboxylic acid groups (broad SMARTS) is 1. The fourth-order valence-corrected chi connectivity index (χ4v) is 1.86. The lowest BCUT2D eigenvalue weighted by atomic mass is 10.0. The SMILES string of the molecule is C[C@H](C(=O)O)c1ccc2oc(-c3ccco3)nc2c1. The van der Waals surface area contributed by atoms with Gasteiger partial charge in [-0.2, -0.15) is 0 Å². The van der Waals surface area contributed by atoms with Crippen LogP contribution in [0.15, 0.2) is 45.4 Å². The summed E-state index contributed by atoms with van der Waals surface area (Å²) in [6.45, 7) is 1.64. The van der Waals surface area contributed by atoms with Crippen LogP contribution in [-0.2, 0) is 4.79 Å². The molecule has 0 spiro atoms. The maximum absolute atomic E-state index is 11.0. The zero-order chi connectivity index (χ0) is 13.4. The smallest absolute Gasteiger partial charge is 0.310 e. The van der Waals surface area contributed by atoms with Crippen molar-refractivity contribution < 1.29 is 18.7 Å². The number of furan rings is 1. The summed E-state index contributed by atoms with van der Waals surface area (Å²) >= 11 is 0. The molecule has 1 atom stereocenters. The summed E-state index contributed by atoms with van der Waals surface area (Å²) in [5, 5.41) is 9.00. The highest BCUT2D eigenvalue weighted by atomic mass is 16.4. The molecule has 3 rings (SSSR count). The van der Waals surface area contributed by atoms with Gasteiger partial charge in [0, 0.05) is 0 Å². The lowest BCUT2D eigenvalue weighted by molar-refractivity contribution is -0.138. The van der Waals surface area contributed by atoms with E-state index in [0.717, 1.165) is 0 Å². The van der Waals surface area contributed by atoms with Gasteiger partial charge in [0.1, 0.15) is 5.52 Å². The minimum Gasteiger partial charge on any atom is -0.481 e. The molecule has 3 aromatic rings. The first-order chi connectivity index (χ1) is 9.15. The van der Waals surface area contributed by atoms with E-state index in [1.165, 1.54) is 0 Å². The Kier molecular flexibility index (Phi) is 2.59. The van der Waals surface area contributed by atoms with Crippen molar-refractivity contribution in [2.75, 3.05) is 0 Å². The number of aromatic nitrogens is 1. The second-order valence-electron chi connectivity index (χ2n) is 4.28. The van der Waals surface area contributed by atoms with Crippen molar-refractivity contribution in [2.24, 2.45) is 0 Å². The van der Waals surface area contributed by atoms with Crippen molar-refractivity contribution in [1.29, 1.82) is 0 Å². The fourth-order valence-electron chi connectivity index (χ4n) is 1.86. The Balaban J connectivity index is 2.07. The Hall–Kier alpha value is -2.56. The highest BCUT2D eigenvalue weighted by Gasteiger charge is 2.16. The Bertz CT molecular complexity index is 727. The highest BCUT2D eigenvalue weighted by Crippen LogP contribution is 2.27. The number of carboxylic acids is 1. The second-order valence-corrected chi connectivity index (χ2v) is 4.28. The highest BCUT2D eigenvalue weighted by molar-refractivity contribution is 5.80. The van der Waals surface area contributed by atoms with Crippen molar-refractivity contribution in [1.82, 2.24) is 4.98 Å². The first kappa shape index (κ1) is 11.5. The third-order valence-electron chi connectivity index (χ3n) is 3.01. The number of benzene rings is 1. The average molecular weight is 257 g/mol. The minimum absolute atomic E-state index is 0.389. The summed E-state index contributed by atoms with van der Waals surface area (Å²) in [6.07, 6.45) is 1.54. The Morgan fingerprint density at radius 3 is 2.89 bits per heavy atom. The molecule has 0 saturated carbocycles. The number of fused-ring (bicyclic) bond motifs is 1. The largest absolute Gasteiger partial charge is 0.481 e. The zero-order valence-electron chi connectivity index (χ0n) is 10.2. The summed E-state index contributed by atoms with van der Waals surface area (Å²) in [7, 11) is 0. The number of rotatable bonds is 3. The molecule has 19 heavy (non-hydrogen) atoms. The average Bonchev–Trinajstić information content (AvgIpc) is 3.05. The van der Waals surface area contributed by atoms with Crippen LogP contribution < -0.4 is 0 Å². The zero-order valence-corrected chi connectivity index (χ0v) is 10.2. The van der Waals surface area contributed by atoms with Gasteiger partial charge in [-0.1, -0.05) is 6.07 Å². The molecule has 0 saturated heterocycles. The van der Waals surface area contributed by atoms with Crippen LogP contribution in [-0.4, -0.2) is 16.1 Å². The molecule has 0 aliphatic heterocycles. The first-order valence-electron chi connectivity index (χ1n) is 5.82. The van der Waals surface area contributed by atoms with Gasteiger partial charge in [0.05, 0.1) is 12.2 Å². The van der Waals surface area contributed by atoms with Crippen LogP contribution >= 0.6 is 0 Å². The summed E-state index contributed by atoms with van der Waals surface area (Å²) in [6, 6.07) is 8.69. The van der Waals surface area contributed by atoms with Crippen LogP contribution in [0, 0.1) is 0 Å². The van der Waals surface area contributed by atoms with Crippen LogP contribution in [0.2, 0.25) is 0 Å². The van der Waals surface area contributed by atoms with E-state index >= 15 is 0 Å². The predicted molar refractivity (Wildman–Crippen MR) is 67.8 cm³/mol. The Morgan fingerprint density at radius 1 is 1.37 bits per heavy atom. The standard InChI is InChI=1S/C14H11NO4/c1-8(14(16)17)9-4-5-11-10(7-9)15-13(19-11)12-3-2-6-18-12/h2-8H,1H3,(H,16,17)/t8-/m0/s1. The van der Waals surface area contributed by atoms with E-state index in [0.29, 0.717) is 28.3 Å². The molecule has 0 unspecified atom stereocenters. The predicted octanol–water partition coefficient (Wildman–Crippen LogP) is 3.28. The summed E-state index contributed by atoms with van der Waals surface area (Å²) < 4.78 is 10.8. The van der Waals surface area contributed by atoms with Crippen molar-refractivity contribution >= 4 is 17.1 Å². The van der Waals surface area contributed by atoms with Crippen molar-refractivity contribution in [3.63, 3.8) is 0 Å². The van der Waals surface area contributed by atoms with E-state index < -0.39 is 11.9 Å². The van der Waals surface area contributed by atoms with Crippen LogP contribution in [0.1, 0.15) is 18.4 Å². The molecule has 5 heteroatoms. The van der Waals surface area contributed by atoms with Crippen LogP contribution in [0.5, 0.6) is 0 Å². The van der Waals surface area contributed by atoms with Crippen LogP contribution in [0.3, 0.4) is 0 Å². The molecule has 0 bridgehead atoms. The topological polar surface area (TPSA) is 76.5 Å². The van der Waals surface area contributed by atoms with E-state index in [-0.39, 0.29) is 0 Å². The number of hydrogen-bond donors (Lipinski definition) is 1. The monoisotopic (exact) mass is 257 g/mol. The van der Waals surface area contributed by atoms with Gasteiger partial charge in [-0.25, -0.2) is 4.98 Å². The number of nitrogens with zero attached hydrogens (tertiary/aromatic N) is 1. The number of oxazole rings is 1. The molecule has 2 aromatic heterocycles. The second kappa shape index (κ2) is 4.28. The molecular formula is C14H11NO4. The normalized spacial score (nSPS) is 12.7. The minimum atomic E-state index is -0.867. The van der Waals surface area contributed by atoms with Crippen molar-refractivity contribution in [2.45, 2.75) is 12.8 Å². The molecule has 0 aliphatic carbocycles. The number of aliphatic carboxylic acids is 1. The molecule has 0 aliphatic rings. The maximum Gasteiger partial charge on any atom is 0.310 e. The molecular weight excluding hydrogens is 246 g/mol. The molecule has 0 amide bonds. The van der Waals surface area contributed by atoms with Crippen LogP contribution in [0.4, 0.5) is 0 Å². The fraction of sp³-hybridized carbons (Fsp3) is 0.143. The Labute approximate surface area is 108 Å². The molecule has 1 aromatic carbocycles. The summed E-state index contributed by atoms with van der Waals surface area (Å²) in [5.74, 6) is -0.508.